The minimum atomic E-state index is 0.386. The average molecular weight is 147 g/mol. The number of hydrogen-bond acceptors (Lipinski definition) is 3. The van der Waals surface area contributed by atoms with Gasteiger partial charge in [0.15, 0.2) is 5.82 Å². The molecule has 1 rings (SSSR count). The molecule has 11 heavy (non-hydrogen) atoms. The Hall–Kier alpha value is -1.64. The minimum absolute atomic E-state index is 0.386. The lowest BCUT2D eigenvalue weighted by Gasteiger charge is -2.00. The van der Waals surface area contributed by atoms with Crippen LogP contribution in [-0.4, -0.2) is 10.2 Å². The summed E-state index contributed by atoms with van der Waals surface area (Å²) in [6, 6.07) is 0. The maximum atomic E-state index is 5.51. The molecule has 0 spiro atoms. The van der Waals surface area contributed by atoms with Gasteiger partial charge < -0.3 is 5.73 Å². The van der Waals surface area contributed by atoms with E-state index in [0.717, 1.165) is 11.1 Å². The summed E-state index contributed by atoms with van der Waals surface area (Å²) < 4.78 is 0. The lowest BCUT2D eigenvalue weighted by molar-refractivity contribution is 1.03. The summed E-state index contributed by atoms with van der Waals surface area (Å²) >= 11 is 0. The van der Waals surface area contributed by atoms with Crippen LogP contribution < -0.4 is 5.73 Å². The van der Waals surface area contributed by atoms with Gasteiger partial charge in [0.05, 0.1) is 6.20 Å². The molecule has 0 aliphatic rings. The van der Waals surface area contributed by atoms with Crippen molar-refractivity contribution in [2.45, 2.75) is 0 Å². The molecule has 0 aliphatic heterocycles. The molecule has 56 valence electrons. The number of nitrogen functional groups attached to an aromatic ring is 1. The Balaban J connectivity index is 3.35. The second-order valence-electron chi connectivity index (χ2n) is 2.01. The summed E-state index contributed by atoms with van der Waals surface area (Å²) in [6.07, 6.45) is 4.91. The van der Waals surface area contributed by atoms with Crippen LogP contribution in [0.15, 0.2) is 19.4 Å². The van der Waals surface area contributed by atoms with E-state index < -0.39 is 0 Å². The third-order valence-electron chi connectivity index (χ3n) is 1.37. The van der Waals surface area contributed by atoms with Crippen LogP contribution in [0.4, 0.5) is 5.82 Å². The predicted molar refractivity (Wildman–Crippen MR) is 46.6 cm³/mol. The molecular formula is C8H9N3. The van der Waals surface area contributed by atoms with Gasteiger partial charge in [-0.3, -0.25) is 0 Å². The first-order valence-corrected chi connectivity index (χ1v) is 3.15. The average Bonchev–Trinajstić information content (AvgIpc) is 2.04. The van der Waals surface area contributed by atoms with Gasteiger partial charge in [0.2, 0.25) is 0 Å². The van der Waals surface area contributed by atoms with E-state index >= 15 is 0 Å². The van der Waals surface area contributed by atoms with Crippen LogP contribution in [-0.2, 0) is 0 Å². The van der Waals surface area contributed by atoms with Crippen LogP contribution in [0.1, 0.15) is 11.1 Å². The van der Waals surface area contributed by atoms with Gasteiger partial charge in [0.25, 0.3) is 0 Å². The fourth-order valence-electron chi connectivity index (χ4n) is 0.810. The van der Waals surface area contributed by atoms with Crippen molar-refractivity contribution in [3.63, 3.8) is 0 Å². The zero-order valence-electron chi connectivity index (χ0n) is 6.12. The Bertz CT molecular complexity index is 291. The van der Waals surface area contributed by atoms with E-state index in [4.69, 9.17) is 5.73 Å². The number of rotatable bonds is 2. The summed E-state index contributed by atoms with van der Waals surface area (Å²) in [5, 5.41) is 7.34. The van der Waals surface area contributed by atoms with Crippen LogP contribution in [0.2, 0.25) is 0 Å². The van der Waals surface area contributed by atoms with E-state index in [1.54, 1.807) is 18.3 Å². The van der Waals surface area contributed by atoms with Gasteiger partial charge in [0, 0.05) is 11.1 Å². The molecule has 1 aromatic rings. The molecule has 2 N–H and O–H groups in total. The van der Waals surface area contributed by atoms with E-state index in [1.165, 1.54) is 0 Å². The SMILES string of the molecule is C=Cc1cnnc(N)c1C=C. The lowest BCUT2D eigenvalue weighted by atomic mass is 10.1. The highest BCUT2D eigenvalue weighted by molar-refractivity contribution is 5.69. The molecule has 3 nitrogen and oxygen atoms in total. The van der Waals surface area contributed by atoms with Crippen molar-refractivity contribution >= 4 is 18.0 Å². The van der Waals surface area contributed by atoms with Gasteiger partial charge in [-0.1, -0.05) is 25.3 Å². The molecule has 1 heterocycles. The van der Waals surface area contributed by atoms with Gasteiger partial charge in [0.1, 0.15) is 0 Å². The summed E-state index contributed by atoms with van der Waals surface area (Å²) in [6.45, 7) is 7.21. The Morgan fingerprint density at radius 2 is 2.09 bits per heavy atom. The Morgan fingerprint density at radius 1 is 1.36 bits per heavy atom. The molecule has 3 heteroatoms. The first-order chi connectivity index (χ1) is 5.29. The number of nitrogens with two attached hydrogens (primary N) is 1. The molecule has 0 amide bonds. The molecule has 0 fully saturated rings. The quantitative estimate of drug-likeness (QED) is 0.686. The van der Waals surface area contributed by atoms with Crippen LogP contribution in [0.25, 0.3) is 12.2 Å². The third-order valence-corrected chi connectivity index (χ3v) is 1.37. The van der Waals surface area contributed by atoms with Crippen molar-refractivity contribution in [3.8, 4) is 0 Å². The summed E-state index contributed by atoms with van der Waals surface area (Å²) in [7, 11) is 0. The van der Waals surface area contributed by atoms with E-state index in [2.05, 4.69) is 23.4 Å². The van der Waals surface area contributed by atoms with E-state index in [0.29, 0.717) is 5.82 Å². The first kappa shape index (κ1) is 7.47. The third kappa shape index (κ3) is 1.26. The fourth-order valence-corrected chi connectivity index (χ4v) is 0.810. The maximum absolute atomic E-state index is 5.51. The highest BCUT2D eigenvalue weighted by Gasteiger charge is 1.99. The molecule has 0 atom stereocenters. The zero-order chi connectivity index (χ0) is 8.27. The maximum Gasteiger partial charge on any atom is 0.153 e. The normalized spacial score (nSPS) is 9.09. The van der Waals surface area contributed by atoms with Gasteiger partial charge in [-0.25, -0.2) is 0 Å². The molecule has 0 unspecified atom stereocenters. The molecule has 1 aromatic heterocycles. The van der Waals surface area contributed by atoms with E-state index in [9.17, 15) is 0 Å². The first-order valence-electron chi connectivity index (χ1n) is 3.15. The summed E-state index contributed by atoms with van der Waals surface area (Å²) in [5.74, 6) is 0.386. The molecule has 0 aliphatic carbocycles. The van der Waals surface area contributed by atoms with Crippen molar-refractivity contribution in [2.24, 2.45) is 0 Å². The van der Waals surface area contributed by atoms with Crippen LogP contribution >= 0.6 is 0 Å². The minimum Gasteiger partial charge on any atom is -0.382 e. The number of aromatic nitrogens is 2. The van der Waals surface area contributed by atoms with E-state index in [1.807, 2.05) is 0 Å². The van der Waals surface area contributed by atoms with E-state index in [-0.39, 0.29) is 0 Å². The Kier molecular flexibility index (Phi) is 2.01. The molecule has 0 saturated heterocycles. The monoisotopic (exact) mass is 147 g/mol. The van der Waals surface area contributed by atoms with Crippen molar-refractivity contribution in [2.75, 3.05) is 5.73 Å². The highest BCUT2D eigenvalue weighted by atomic mass is 15.1. The van der Waals surface area contributed by atoms with Crippen LogP contribution in [0, 0.1) is 0 Å². The van der Waals surface area contributed by atoms with Crippen LogP contribution in [0.3, 0.4) is 0 Å². The molecule has 0 bridgehead atoms. The van der Waals surface area contributed by atoms with Crippen molar-refractivity contribution in [3.05, 3.63) is 30.5 Å². The lowest BCUT2D eigenvalue weighted by Crippen LogP contribution is -1.97. The zero-order valence-corrected chi connectivity index (χ0v) is 6.12. The largest absolute Gasteiger partial charge is 0.382 e. The highest BCUT2D eigenvalue weighted by Crippen LogP contribution is 2.14. The molecule has 0 radical (unpaired) electrons. The molecule has 0 saturated carbocycles. The Morgan fingerprint density at radius 3 is 2.55 bits per heavy atom. The van der Waals surface area contributed by atoms with Crippen molar-refractivity contribution in [1.82, 2.24) is 10.2 Å². The van der Waals surface area contributed by atoms with Gasteiger partial charge in [-0.05, 0) is 0 Å². The van der Waals surface area contributed by atoms with Crippen molar-refractivity contribution in [1.29, 1.82) is 0 Å². The predicted octanol–water partition coefficient (Wildman–Crippen LogP) is 1.34. The van der Waals surface area contributed by atoms with Gasteiger partial charge in [-0.2, -0.15) is 5.10 Å². The Labute approximate surface area is 65.3 Å². The fraction of sp³-hybridized carbons (Fsp3) is 0. The van der Waals surface area contributed by atoms with Gasteiger partial charge >= 0.3 is 0 Å². The standard InChI is InChI=1S/C8H9N3/c1-3-6-5-10-11-8(9)7(6)4-2/h3-5H,1-2H2,(H2,9,11). The number of hydrogen-bond donors (Lipinski definition) is 1. The topological polar surface area (TPSA) is 51.8 Å². The smallest absolute Gasteiger partial charge is 0.153 e. The second-order valence-corrected chi connectivity index (χ2v) is 2.01. The van der Waals surface area contributed by atoms with Crippen LogP contribution in [0.5, 0.6) is 0 Å². The second kappa shape index (κ2) is 2.96. The van der Waals surface area contributed by atoms with Crippen molar-refractivity contribution < 1.29 is 0 Å². The summed E-state index contributed by atoms with van der Waals surface area (Å²) in [4.78, 5) is 0. The summed E-state index contributed by atoms with van der Waals surface area (Å²) in [5.41, 5.74) is 7.16. The van der Waals surface area contributed by atoms with Gasteiger partial charge in [-0.15, -0.1) is 5.10 Å². The number of nitrogens with zero attached hydrogens (tertiary/aromatic N) is 2. The number of anilines is 1. The molecular weight excluding hydrogens is 138 g/mol. The molecule has 0 aromatic carbocycles.